The van der Waals surface area contributed by atoms with E-state index in [1.165, 1.54) is 0 Å². The van der Waals surface area contributed by atoms with Gasteiger partial charge >= 0.3 is 0 Å². The van der Waals surface area contributed by atoms with Crippen LogP contribution in [-0.2, 0) is 25.7 Å². The third-order valence-corrected chi connectivity index (χ3v) is 3.26. The summed E-state index contributed by atoms with van der Waals surface area (Å²) in [4.78, 5) is 16.7. The van der Waals surface area contributed by atoms with Crippen molar-refractivity contribution in [3.63, 3.8) is 0 Å². The quantitative estimate of drug-likeness (QED) is 0.820. The molecule has 0 aromatic heterocycles. The summed E-state index contributed by atoms with van der Waals surface area (Å²) in [5.74, 6) is -0.341. The molecular formula is C14H18ClNO4. The van der Waals surface area contributed by atoms with Gasteiger partial charge in [-0.3, -0.25) is 4.79 Å². The van der Waals surface area contributed by atoms with E-state index in [0.29, 0.717) is 11.6 Å². The Morgan fingerprint density at radius 3 is 3.00 bits per heavy atom. The Hall–Kier alpha value is -1.14. The molecule has 110 valence electrons. The molecule has 0 spiro atoms. The minimum atomic E-state index is -0.351. The van der Waals surface area contributed by atoms with Gasteiger partial charge in [-0.25, -0.2) is 10.3 Å². The Labute approximate surface area is 123 Å². The second-order valence-corrected chi connectivity index (χ2v) is 4.93. The molecule has 1 saturated heterocycles. The number of carbonyl (C=O) groups excluding carboxylic acids is 1. The number of benzene rings is 1. The summed E-state index contributed by atoms with van der Waals surface area (Å²) in [5.41, 5.74) is 3.18. The molecule has 1 aliphatic heterocycles. The Bertz CT molecular complexity index is 435. The van der Waals surface area contributed by atoms with Gasteiger partial charge in [0, 0.05) is 18.1 Å². The zero-order valence-electron chi connectivity index (χ0n) is 11.1. The Morgan fingerprint density at radius 1 is 1.40 bits per heavy atom. The molecule has 0 saturated carbocycles. The van der Waals surface area contributed by atoms with Gasteiger partial charge in [-0.2, -0.15) is 0 Å². The zero-order valence-corrected chi connectivity index (χ0v) is 11.9. The van der Waals surface area contributed by atoms with Crippen molar-refractivity contribution < 1.29 is 19.1 Å². The van der Waals surface area contributed by atoms with Crippen molar-refractivity contribution in [1.82, 2.24) is 5.48 Å². The molecule has 1 atom stereocenters. The van der Waals surface area contributed by atoms with Gasteiger partial charge < -0.3 is 9.47 Å². The lowest BCUT2D eigenvalue weighted by atomic mass is 10.2. The van der Waals surface area contributed by atoms with Crippen LogP contribution < -0.4 is 5.48 Å². The normalized spacial score (nSPS) is 18.8. The molecule has 0 radical (unpaired) electrons. The molecule has 1 amide bonds. The molecule has 1 fully saturated rings. The molecule has 1 aromatic carbocycles. The highest BCUT2D eigenvalue weighted by atomic mass is 35.5. The van der Waals surface area contributed by atoms with E-state index < -0.39 is 0 Å². The standard InChI is InChI=1S/C14H18ClNO4/c15-12-6-2-1-5-11(12)9-18-10-13(17)16-20-14-7-3-4-8-19-14/h1-2,5-6,14H,3-4,7-10H2,(H,16,17)/t14-/m1/s1. The first-order chi connectivity index (χ1) is 9.75. The maximum absolute atomic E-state index is 11.5. The van der Waals surface area contributed by atoms with Crippen LogP contribution in [0.5, 0.6) is 0 Å². The van der Waals surface area contributed by atoms with Crippen molar-refractivity contribution in [3.05, 3.63) is 34.9 Å². The summed E-state index contributed by atoms with van der Waals surface area (Å²) in [6.45, 7) is 0.870. The van der Waals surface area contributed by atoms with E-state index in [1.807, 2.05) is 18.2 Å². The maximum Gasteiger partial charge on any atom is 0.269 e. The van der Waals surface area contributed by atoms with E-state index in [4.69, 9.17) is 25.9 Å². The zero-order chi connectivity index (χ0) is 14.2. The van der Waals surface area contributed by atoms with E-state index in [0.717, 1.165) is 24.8 Å². The van der Waals surface area contributed by atoms with Crippen LogP contribution in [-0.4, -0.2) is 25.4 Å². The van der Waals surface area contributed by atoms with E-state index in [2.05, 4.69) is 5.48 Å². The minimum Gasteiger partial charge on any atom is -0.367 e. The highest BCUT2D eigenvalue weighted by molar-refractivity contribution is 6.31. The van der Waals surface area contributed by atoms with Crippen LogP contribution in [0.15, 0.2) is 24.3 Å². The molecule has 6 heteroatoms. The fourth-order valence-corrected chi connectivity index (χ4v) is 2.02. The van der Waals surface area contributed by atoms with Gasteiger partial charge in [-0.15, -0.1) is 0 Å². The minimum absolute atomic E-state index is 0.0854. The van der Waals surface area contributed by atoms with E-state index in [-0.39, 0.29) is 25.4 Å². The fraction of sp³-hybridized carbons (Fsp3) is 0.500. The molecule has 20 heavy (non-hydrogen) atoms. The number of ether oxygens (including phenoxy) is 2. The van der Waals surface area contributed by atoms with Gasteiger partial charge in [0.25, 0.3) is 5.91 Å². The van der Waals surface area contributed by atoms with Crippen molar-refractivity contribution in [2.75, 3.05) is 13.2 Å². The van der Waals surface area contributed by atoms with Crippen molar-refractivity contribution >= 4 is 17.5 Å². The fourth-order valence-electron chi connectivity index (χ4n) is 1.83. The molecule has 2 rings (SSSR count). The molecule has 0 aliphatic carbocycles. The number of hydrogen-bond acceptors (Lipinski definition) is 4. The van der Waals surface area contributed by atoms with Crippen LogP contribution in [0.1, 0.15) is 24.8 Å². The van der Waals surface area contributed by atoms with Gasteiger partial charge in [0.2, 0.25) is 0 Å². The molecule has 5 nitrogen and oxygen atoms in total. The lowest BCUT2D eigenvalue weighted by molar-refractivity contribution is -0.202. The molecule has 1 aliphatic rings. The average molecular weight is 300 g/mol. The molecule has 1 heterocycles. The van der Waals surface area contributed by atoms with Gasteiger partial charge in [-0.05, 0) is 24.5 Å². The van der Waals surface area contributed by atoms with Crippen LogP contribution in [0.2, 0.25) is 5.02 Å². The third kappa shape index (κ3) is 5.09. The number of amides is 1. The summed E-state index contributed by atoms with van der Waals surface area (Å²) < 4.78 is 10.6. The van der Waals surface area contributed by atoms with E-state index in [1.54, 1.807) is 6.07 Å². The van der Waals surface area contributed by atoms with Gasteiger partial charge in [0.05, 0.1) is 6.61 Å². The van der Waals surface area contributed by atoms with E-state index in [9.17, 15) is 4.79 Å². The Morgan fingerprint density at radius 2 is 2.25 bits per heavy atom. The lowest BCUT2D eigenvalue weighted by Gasteiger charge is -2.22. The SMILES string of the molecule is O=C(COCc1ccccc1Cl)NO[C@@H]1CCCCO1. The van der Waals surface area contributed by atoms with Gasteiger partial charge in [0.1, 0.15) is 6.61 Å². The van der Waals surface area contributed by atoms with Crippen LogP contribution in [0.25, 0.3) is 0 Å². The number of halogens is 1. The number of hydrogen-bond donors (Lipinski definition) is 1. The second-order valence-electron chi connectivity index (χ2n) is 4.52. The maximum atomic E-state index is 11.5. The number of nitrogens with one attached hydrogen (secondary N) is 1. The van der Waals surface area contributed by atoms with Crippen LogP contribution in [0.3, 0.4) is 0 Å². The summed E-state index contributed by atoms with van der Waals surface area (Å²) in [5, 5.41) is 0.625. The lowest BCUT2D eigenvalue weighted by Crippen LogP contribution is -2.35. The first kappa shape index (κ1) is 15.3. The number of hydroxylamine groups is 1. The third-order valence-electron chi connectivity index (χ3n) is 2.89. The van der Waals surface area contributed by atoms with Gasteiger partial charge in [0.15, 0.2) is 6.29 Å². The molecular weight excluding hydrogens is 282 g/mol. The largest absolute Gasteiger partial charge is 0.367 e. The van der Waals surface area contributed by atoms with Crippen molar-refractivity contribution in [3.8, 4) is 0 Å². The monoisotopic (exact) mass is 299 g/mol. The predicted molar refractivity (Wildman–Crippen MR) is 73.9 cm³/mol. The smallest absolute Gasteiger partial charge is 0.269 e. The van der Waals surface area contributed by atoms with Crippen LogP contribution in [0.4, 0.5) is 0 Å². The molecule has 0 unspecified atom stereocenters. The number of rotatable bonds is 6. The molecule has 1 N–H and O–H groups in total. The first-order valence-corrected chi connectivity index (χ1v) is 7.01. The average Bonchev–Trinajstić information content (AvgIpc) is 2.48. The number of carbonyl (C=O) groups is 1. The van der Waals surface area contributed by atoms with Crippen molar-refractivity contribution in [1.29, 1.82) is 0 Å². The summed E-state index contributed by atoms with van der Waals surface area (Å²) in [7, 11) is 0. The summed E-state index contributed by atoms with van der Waals surface area (Å²) >= 11 is 5.98. The second kappa shape index (κ2) is 8.21. The Kier molecular flexibility index (Phi) is 6.26. The van der Waals surface area contributed by atoms with Crippen LogP contribution in [0, 0.1) is 0 Å². The van der Waals surface area contributed by atoms with E-state index >= 15 is 0 Å². The van der Waals surface area contributed by atoms with Crippen LogP contribution >= 0.6 is 11.6 Å². The highest BCUT2D eigenvalue weighted by Crippen LogP contribution is 2.15. The first-order valence-electron chi connectivity index (χ1n) is 6.63. The topological polar surface area (TPSA) is 56.8 Å². The van der Waals surface area contributed by atoms with Gasteiger partial charge in [-0.1, -0.05) is 29.8 Å². The van der Waals surface area contributed by atoms with Crippen molar-refractivity contribution in [2.45, 2.75) is 32.2 Å². The molecule has 1 aromatic rings. The summed E-state index contributed by atoms with van der Waals surface area (Å²) in [6.07, 6.45) is 2.52. The van der Waals surface area contributed by atoms with Crippen molar-refractivity contribution in [2.24, 2.45) is 0 Å². The summed E-state index contributed by atoms with van der Waals surface area (Å²) in [6, 6.07) is 7.35. The predicted octanol–water partition coefficient (Wildman–Crippen LogP) is 2.43. The highest BCUT2D eigenvalue weighted by Gasteiger charge is 2.15. The Balaban J connectivity index is 1.61. The molecule has 0 bridgehead atoms.